The predicted molar refractivity (Wildman–Crippen MR) is 84.5 cm³/mol. The van der Waals surface area contributed by atoms with E-state index in [9.17, 15) is 4.79 Å². The third-order valence-corrected chi connectivity index (χ3v) is 3.48. The molecule has 112 valence electrons. The molecule has 0 saturated heterocycles. The summed E-state index contributed by atoms with van der Waals surface area (Å²) in [5.74, 6) is 1.12. The number of furan rings is 1. The number of benzene rings is 1. The van der Waals surface area contributed by atoms with Crippen LogP contribution in [0.4, 0.5) is 10.5 Å². The zero-order valence-electron chi connectivity index (χ0n) is 13.0. The van der Waals surface area contributed by atoms with Crippen molar-refractivity contribution in [3.8, 4) is 0 Å². The SMILES string of the molecule is Cc1cccc(C(C)C)c1NC(=O)N(C)Cc1ccco1. The second-order valence-electron chi connectivity index (χ2n) is 5.56. The minimum Gasteiger partial charge on any atom is -0.467 e. The van der Waals surface area contributed by atoms with Gasteiger partial charge in [0.15, 0.2) is 0 Å². The number of nitrogens with one attached hydrogen (secondary N) is 1. The van der Waals surface area contributed by atoms with E-state index in [2.05, 4.69) is 25.2 Å². The third kappa shape index (κ3) is 3.66. The summed E-state index contributed by atoms with van der Waals surface area (Å²) in [6.45, 7) is 6.70. The Morgan fingerprint density at radius 3 is 2.67 bits per heavy atom. The average Bonchev–Trinajstić information content (AvgIpc) is 2.93. The van der Waals surface area contributed by atoms with Crippen molar-refractivity contribution in [2.75, 3.05) is 12.4 Å². The molecule has 0 saturated carbocycles. The van der Waals surface area contributed by atoms with E-state index in [-0.39, 0.29) is 6.03 Å². The highest BCUT2D eigenvalue weighted by Gasteiger charge is 2.15. The van der Waals surface area contributed by atoms with Crippen LogP contribution in [0.1, 0.15) is 36.7 Å². The van der Waals surface area contributed by atoms with E-state index >= 15 is 0 Å². The van der Waals surface area contributed by atoms with E-state index in [0.29, 0.717) is 12.5 Å². The second kappa shape index (κ2) is 6.48. The number of aryl methyl sites for hydroxylation is 1. The molecule has 2 amide bonds. The van der Waals surface area contributed by atoms with Crippen LogP contribution in [0, 0.1) is 6.92 Å². The molecule has 0 radical (unpaired) electrons. The molecular formula is C17H22N2O2. The predicted octanol–water partition coefficient (Wildman–Crippen LogP) is 4.38. The maximum atomic E-state index is 12.3. The highest BCUT2D eigenvalue weighted by molar-refractivity contribution is 5.91. The number of carbonyl (C=O) groups excluding carboxylic acids is 1. The summed E-state index contributed by atoms with van der Waals surface area (Å²) >= 11 is 0. The molecule has 0 aliphatic rings. The van der Waals surface area contributed by atoms with Crippen LogP contribution >= 0.6 is 0 Å². The first kappa shape index (κ1) is 15.2. The van der Waals surface area contributed by atoms with Crippen LogP contribution in [0.2, 0.25) is 0 Å². The molecule has 0 aliphatic heterocycles. The van der Waals surface area contributed by atoms with Crippen LogP contribution in [0.25, 0.3) is 0 Å². The van der Waals surface area contributed by atoms with Crippen LogP contribution in [0.5, 0.6) is 0 Å². The fourth-order valence-electron chi connectivity index (χ4n) is 2.25. The number of para-hydroxylation sites is 1. The number of amides is 2. The van der Waals surface area contributed by atoms with Crippen molar-refractivity contribution in [1.82, 2.24) is 4.90 Å². The molecule has 0 bridgehead atoms. The van der Waals surface area contributed by atoms with Gasteiger partial charge in [-0.2, -0.15) is 0 Å². The second-order valence-corrected chi connectivity index (χ2v) is 5.56. The smallest absolute Gasteiger partial charge is 0.322 e. The first-order chi connectivity index (χ1) is 9.99. The summed E-state index contributed by atoms with van der Waals surface area (Å²) in [6, 6.07) is 9.62. The maximum absolute atomic E-state index is 12.3. The van der Waals surface area contributed by atoms with Gasteiger partial charge in [-0.05, 0) is 36.1 Å². The van der Waals surface area contributed by atoms with Crippen LogP contribution in [0.3, 0.4) is 0 Å². The van der Waals surface area contributed by atoms with Gasteiger partial charge in [-0.15, -0.1) is 0 Å². The molecule has 0 spiro atoms. The molecule has 0 atom stereocenters. The fraction of sp³-hybridized carbons (Fsp3) is 0.353. The van der Waals surface area contributed by atoms with E-state index in [4.69, 9.17) is 4.42 Å². The van der Waals surface area contributed by atoms with Gasteiger partial charge in [0.25, 0.3) is 0 Å². The Kier molecular flexibility index (Phi) is 4.68. The van der Waals surface area contributed by atoms with Gasteiger partial charge in [-0.25, -0.2) is 4.79 Å². The van der Waals surface area contributed by atoms with Crippen molar-refractivity contribution in [3.63, 3.8) is 0 Å². The first-order valence-corrected chi connectivity index (χ1v) is 7.13. The van der Waals surface area contributed by atoms with E-state index in [0.717, 1.165) is 22.6 Å². The number of hydrogen-bond acceptors (Lipinski definition) is 2. The molecule has 1 aromatic heterocycles. The largest absolute Gasteiger partial charge is 0.467 e. The van der Waals surface area contributed by atoms with Gasteiger partial charge in [-0.1, -0.05) is 32.0 Å². The minimum absolute atomic E-state index is 0.136. The van der Waals surface area contributed by atoms with E-state index in [1.54, 1.807) is 18.2 Å². The van der Waals surface area contributed by atoms with E-state index < -0.39 is 0 Å². The monoisotopic (exact) mass is 286 g/mol. The van der Waals surface area contributed by atoms with Gasteiger partial charge in [0.2, 0.25) is 0 Å². The van der Waals surface area contributed by atoms with Crippen molar-refractivity contribution in [3.05, 3.63) is 53.5 Å². The topological polar surface area (TPSA) is 45.5 Å². The summed E-state index contributed by atoms with van der Waals surface area (Å²) in [5, 5.41) is 3.02. The molecule has 4 heteroatoms. The van der Waals surface area contributed by atoms with E-state index in [1.807, 2.05) is 31.2 Å². The summed E-state index contributed by atoms with van der Waals surface area (Å²) in [5.41, 5.74) is 3.12. The van der Waals surface area contributed by atoms with Gasteiger partial charge in [-0.3, -0.25) is 0 Å². The number of nitrogens with zero attached hydrogens (tertiary/aromatic N) is 1. The molecule has 1 heterocycles. The van der Waals surface area contributed by atoms with Gasteiger partial charge in [0, 0.05) is 12.7 Å². The Labute approximate surface area is 125 Å². The molecule has 0 fully saturated rings. The average molecular weight is 286 g/mol. The highest BCUT2D eigenvalue weighted by Crippen LogP contribution is 2.27. The first-order valence-electron chi connectivity index (χ1n) is 7.13. The summed E-state index contributed by atoms with van der Waals surface area (Å²) in [4.78, 5) is 13.9. The zero-order chi connectivity index (χ0) is 15.4. The molecule has 2 rings (SSSR count). The Morgan fingerprint density at radius 2 is 2.05 bits per heavy atom. The Bertz CT molecular complexity index is 603. The molecule has 1 N–H and O–H groups in total. The number of hydrogen-bond donors (Lipinski definition) is 1. The van der Waals surface area contributed by atoms with Crippen molar-refractivity contribution in [2.45, 2.75) is 33.2 Å². The molecule has 0 unspecified atom stereocenters. The maximum Gasteiger partial charge on any atom is 0.322 e. The lowest BCUT2D eigenvalue weighted by Crippen LogP contribution is -2.31. The fourth-order valence-corrected chi connectivity index (χ4v) is 2.25. The lowest BCUT2D eigenvalue weighted by molar-refractivity contribution is 0.216. The van der Waals surface area contributed by atoms with E-state index in [1.165, 1.54) is 0 Å². The molecule has 21 heavy (non-hydrogen) atoms. The number of rotatable bonds is 4. The quantitative estimate of drug-likeness (QED) is 0.906. The van der Waals surface area contributed by atoms with Crippen LogP contribution in [-0.4, -0.2) is 18.0 Å². The Hall–Kier alpha value is -2.23. The van der Waals surface area contributed by atoms with Crippen molar-refractivity contribution < 1.29 is 9.21 Å². The molecule has 1 aromatic carbocycles. The lowest BCUT2D eigenvalue weighted by Gasteiger charge is -2.21. The zero-order valence-corrected chi connectivity index (χ0v) is 13.0. The van der Waals surface area contributed by atoms with Crippen molar-refractivity contribution in [2.24, 2.45) is 0 Å². The molecule has 0 aliphatic carbocycles. The Morgan fingerprint density at radius 1 is 1.29 bits per heavy atom. The number of carbonyl (C=O) groups is 1. The summed E-state index contributed by atoms with van der Waals surface area (Å²) in [7, 11) is 1.76. The standard InChI is InChI=1S/C17H22N2O2/c1-12(2)15-9-5-7-13(3)16(15)18-17(20)19(4)11-14-8-6-10-21-14/h5-10,12H,11H2,1-4H3,(H,18,20). The Balaban J connectivity index is 2.12. The van der Waals surface area contributed by atoms with Crippen molar-refractivity contribution >= 4 is 11.7 Å². The molecular weight excluding hydrogens is 264 g/mol. The van der Waals surface area contributed by atoms with Crippen LogP contribution < -0.4 is 5.32 Å². The van der Waals surface area contributed by atoms with Crippen LogP contribution in [-0.2, 0) is 6.54 Å². The number of anilines is 1. The summed E-state index contributed by atoms with van der Waals surface area (Å²) < 4.78 is 5.27. The summed E-state index contributed by atoms with van der Waals surface area (Å²) in [6.07, 6.45) is 1.61. The minimum atomic E-state index is -0.136. The molecule has 4 nitrogen and oxygen atoms in total. The van der Waals surface area contributed by atoms with Gasteiger partial charge < -0.3 is 14.6 Å². The lowest BCUT2D eigenvalue weighted by atomic mass is 9.98. The van der Waals surface area contributed by atoms with Crippen LogP contribution in [0.15, 0.2) is 41.0 Å². The van der Waals surface area contributed by atoms with Crippen molar-refractivity contribution in [1.29, 1.82) is 0 Å². The number of urea groups is 1. The molecule has 2 aromatic rings. The normalized spacial score (nSPS) is 10.7. The third-order valence-electron chi connectivity index (χ3n) is 3.48. The van der Waals surface area contributed by atoms with Gasteiger partial charge in [0.1, 0.15) is 5.76 Å². The van der Waals surface area contributed by atoms with Gasteiger partial charge >= 0.3 is 6.03 Å². The highest BCUT2D eigenvalue weighted by atomic mass is 16.3. The van der Waals surface area contributed by atoms with Gasteiger partial charge in [0.05, 0.1) is 12.8 Å².